The number of carbonyl (C=O) groups excluding carboxylic acids is 4. The maximum Gasteiger partial charge on any atom is 0.410 e. The molecule has 10 rings (SSSR count). The van der Waals surface area contributed by atoms with E-state index in [4.69, 9.17) is 31.8 Å². The number of nitrogens with two attached hydrogens (primary N) is 1. The van der Waals surface area contributed by atoms with E-state index >= 15 is 0 Å². The molecule has 0 fully saturated rings. The highest BCUT2D eigenvalue weighted by Gasteiger charge is 2.29. The van der Waals surface area contributed by atoms with Crippen LogP contribution in [-0.4, -0.2) is 108 Å². The smallest absolute Gasteiger partial charge is 0.410 e. The lowest BCUT2D eigenvalue weighted by Crippen LogP contribution is -2.41. The molecule has 22 nitrogen and oxygen atoms in total. The molecule has 0 unspecified atom stereocenters. The number of halogens is 1. The number of aromatic nitrogens is 10. The number of thiazole rings is 2. The van der Waals surface area contributed by atoms with Crippen molar-refractivity contribution in [2.75, 3.05) is 24.1 Å². The van der Waals surface area contributed by atoms with Gasteiger partial charge in [0.05, 0.1) is 71.4 Å². The normalized spacial score (nSPS) is 13.2. The molecule has 2 aliphatic heterocycles. The number of ether oxygens (including phenoxy) is 2. The molecule has 25 heteroatoms. The molecule has 0 saturated heterocycles. The molecule has 2 aromatic carbocycles. The summed E-state index contributed by atoms with van der Waals surface area (Å²) < 4.78 is 14.6. The van der Waals surface area contributed by atoms with E-state index in [0.717, 1.165) is 66.2 Å². The first-order valence-corrected chi connectivity index (χ1v) is 30.5. The van der Waals surface area contributed by atoms with Gasteiger partial charge in [0.1, 0.15) is 26.8 Å². The van der Waals surface area contributed by atoms with Gasteiger partial charge in [0.2, 0.25) is 11.2 Å². The van der Waals surface area contributed by atoms with Crippen LogP contribution in [0.5, 0.6) is 0 Å². The van der Waals surface area contributed by atoms with E-state index in [0.29, 0.717) is 79.7 Å². The summed E-state index contributed by atoms with van der Waals surface area (Å²) in [6.07, 6.45) is 6.02. The lowest BCUT2D eigenvalue weighted by molar-refractivity contribution is 0.0184. The summed E-state index contributed by atoms with van der Waals surface area (Å²) in [6.45, 7) is 31.8. The van der Waals surface area contributed by atoms with Crippen molar-refractivity contribution in [1.29, 1.82) is 0 Å². The van der Waals surface area contributed by atoms with Gasteiger partial charge in [-0.3, -0.25) is 19.0 Å². The number of fused-ring (bicyclic) bond motifs is 2. The Kier molecular flexibility index (Phi) is 19.9. The number of nitrogens with one attached hydrogen (secondary N) is 3. The Morgan fingerprint density at radius 1 is 0.586 bits per heavy atom. The molecular weight excluding hydrogens is 1160 g/mol. The number of aryl methyl sites for hydroxylation is 2. The van der Waals surface area contributed by atoms with E-state index in [2.05, 4.69) is 98.7 Å². The fourth-order valence-corrected chi connectivity index (χ4v) is 10.8. The minimum atomic E-state index is -0.544. The van der Waals surface area contributed by atoms with Crippen LogP contribution >= 0.6 is 34.3 Å². The van der Waals surface area contributed by atoms with Crippen molar-refractivity contribution in [2.45, 2.75) is 158 Å². The van der Waals surface area contributed by atoms with Crippen molar-refractivity contribution >= 4 is 75.9 Å². The van der Waals surface area contributed by atoms with Crippen molar-refractivity contribution in [3.63, 3.8) is 0 Å². The Labute approximate surface area is 520 Å². The summed E-state index contributed by atoms with van der Waals surface area (Å²) in [5.41, 5.74) is 13.9. The Morgan fingerprint density at radius 2 is 1.05 bits per heavy atom. The number of nitrogen functional groups attached to an aromatic ring is 1. The number of hydrogen-bond acceptors (Lipinski definition) is 18. The number of amides is 4. The third-order valence-electron chi connectivity index (χ3n) is 13.3. The summed E-state index contributed by atoms with van der Waals surface area (Å²) in [7, 11) is 0. The molecule has 0 radical (unpaired) electrons. The first-order valence-electron chi connectivity index (χ1n) is 28.5. The van der Waals surface area contributed by atoms with Gasteiger partial charge in [-0.15, -0.1) is 22.7 Å². The van der Waals surface area contributed by atoms with Gasteiger partial charge in [0.15, 0.2) is 5.82 Å². The summed E-state index contributed by atoms with van der Waals surface area (Å²) in [5, 5.41) is 20.1. The second-order valence-electron chi connectivity index (χ2n) is 25.1. The van der Waals surface area contributed by atoms with Crippen molar-refractivity contribution in [3.05, 3.63) is 144 Å². The number of hydrogen-bond donors (Lipinski definition) is 4. The molecule has 5 N–H and O–H groups in total. The first kappa shape index (κ1) is 64.6. The Hall–Kier alpha value is -8.35. The van der Waals surface area contributed by atoms with Crippen LogP contribution in [0.3, 0.4) is 0 Å². The zero-order valence-electron chi connectivity index (χ0n) is 51.8. The van der Waals surface area contributed by atoms with Gasteiger partial charge >= 0.3 is 12.2 Å². The zero-order chi connectivity index (χ0) is 63.2. The molecule has 0 aliphatic carbocycles. The van der Waals surface area contributed by atoms with Crippen LogP contribution in [0.25, 0.3) is 22.5 Å². The highest BCUT2D eigenvalue weighted by molar-refractivity contribution is 7.14. The molecule has 2 aliphatic rings. The predicted molar refractivity (Wildman–Crippen MR) is 339 cm³/mol. The molecule has 0 bridgehead atoms. The van der Waals surface area contributed by atoms with Gasteiger partial charge in [-0.1, -0.05) is 65.8 Å². The van der Waals surface area contributed by atoms with Gasteiger partial charge < -0.3 is 41.0 Å². The van der Waals surface area contributed by atoms with Crippen LogP contribution in [0.2, 0.25) is 5.28 Å². The monoisotopic (exact) mass is 1240 g/mol. The second-order valence-corrected chi connectivity index (χ2v) is 27.5. The van der Waals surface area contributed by atoms with E-state index in [-0.39, 0.29) is 40.1 Å². The fourth-order valence-electron chi connectivity index (χ4n) is 8.85. The topological polar surface area (TPSA) is 268 Å². The molecule has 0 spiro atoms. The van der Waals surface area contributed by atoms with Gasteiger partial charge in [0, 0.05) is 72.7 Å². The highest BCUT2D eigenvalue weighted by Crippen LogP contribution is 2.30. The van der Waals surface area contributed by atoms with Gasteiger partial charge in [-0.2, -0.15) is 10.2 Å². The van der Waals surface area contributed by atoms with Crippen LogP contribution < -0.4 is 21.7 Å². The zero-order valence-corrected chi connectivity index (χ0v) is 54.2. The number of rotatable bonds is 10. The summed E-state index contributed by atoms with van der Waals surface area (Å²) in [5.74, 6) is 1.29. The predicted octanol–water partition coefficient (Wildman–Crippen LogP) is 11.8. The van der Waals surface area contributed by atoms with E-state index in [1.807, 2.05) is 113 Å². The Morgan fingerprint density at radius 3 is 1.49 bits per heavy atom. The molecule has 87 heavy (non-hydrogen) atoms. The SMILES string of the molecule is CC(C)(C)OC(=O)N1CCn2nc(N)cc2C1.Cc1cc(-c2ccnc(Cl)n2)ccc1CNC(=O)c1cnc(C(C)(C)C)s1.Cc1cc(-c2ccnc(Nc3cc4n(n3)CCN(C(=O)OC(C)(C)C)C4)n2)ccc1CNC(=O)c1cnc(C(C)(C)C)s1. The van der Waals surface area contributed by atoms with Crippen molar-refractivity contribution < 1.29 is 28.7 Å². The number of anilines is 3. The van der Waals surface area contributed by atoms with Crippen molar-refractivity contribution in [3.8, 4) is 22.5 Å². The quantitative estimate of drug-likeness (QED) is 0.0927. The maximum atomic E-state index is 12.7. The molecule has 6 aromatic heterocycles. The maximum absolute atomic E-state index is 12.7. The minimum absolute atomic E-state index is 0.0560. The first-order chi connectivity index (χ1) is 40.8. The van der Waals surface area contributed by atoms with Gasteiger partial charge in [0.25, 0.3) is 11.8 Å². The van der Waals surface area contributed by atoms with Gasteiger partial charge in [-0.25, -0.2) is 39.5 Å². The van der Waals surface area contributed by atoms with Crippen LogP contribution in [-0.2, 0) is 59.6 Å². The lowest BCUT2D eigenvalue weighted by Gasteiger charge is -2.30. The molecule has 0 saturated carbocycles. The van der Waals surface area contributed by atoms with E-state index < -0.39 is 11.2 Å². The molecular formula is C62H77ClN16O6S2. The lowest BCUT2D eigenvalue weighted by atomic mass is 9.98. The molecule has 8 aromatic rings. The van der Waals surface area contributed by atoms with Crippen LogP contribution in [0.4, 0.5) is 27.2 Å². The van der Waals surface area contributed by atoms with E-state index in [1.165, 1.54) is 22.7 Å². The van der Waals surface area contributed by atoms with Crippen molar-refractivity contribution in [1.82, 2.24) is 69.9 Å². The Balaban J connectivity index is 0.000000189. The minimum Gasteiger partial charge on any atom is -0.444 e. The highest BCUT2D eigenvalue weighted by atomic mass is 35.5. The molecule has 4 amide bonds. The van der Waals surface area contributed by atoms with Gasteiger partial charge in [-0.05, 0) is 114 Å². The van der Waals surface area contributed by atoms with Crippen LogP contribution in [0.1, 0.15) is 146 Å². The number of nitrogens with zero attached hydrogens (tertiary/aromatic N) is 12. The fraction of sp³-hybridized carbons (Fsp3) is 0.419. The standard InChI is InChI=1S/C31H38N8O3S.C20H21ClN4OS.C11H18N4O2/c1-19-14-20(8-9-21(19)16-33-26(40)24-17-34-27(43-24)30(2,3)4)23-10-11-32-28(35-23)36-25-15-22-18-38(12-13-39(22)37-25)29(41)42-31(5,6)7;1-12-9-13(15-7-8-22-19(21)25-15)5-6-14(12)10-23-17(26)16-11-24-18(27-16)20(2,3)4;1-11(2,3)17-10(16)14-4-5-15-8(7-14)6-9(12)13-15/h8-11,14-15,17H,12-13,16,18H2,1-7H3,(H,33,40)(H,32,35,36,37);5-9,11H,10H2,1-4H3,(H,23,26);6H,4-5,7H2,1-3H3,(H2,12,13). The molecule has 460 valence electrons. The average Bonchev–Trinajstić information content (AvgIpc) is 2.24. The summed E-state index contributed by atoms with van der Waals surface area (Å²) >= 11 is 8.73. The Bertz CT molecular complexity index is 3770. The molecule has 0 atom stereocenters. The second kappa shape index (κ2) is 26.7. The summed E-state index contributed by atoms with van der Waals surface area (Å²) in [4.78, 5) is 80.1. The summed E-state index contributed by atoms with van der Waals surface area (Å²) in [6, 6.07) is 19.4. The third kappa shape index (κ3) is 17.9. The molecule has 8 heterocycles. The number of carbonyl (C=O) groups is 4. The van der Waals surface area contributed by atoms with Crippen LogP contribution in [0, 0.1) is 13.8 Å². The van der Waals surface area contributed by atoms with Crippen LogP contribution in [0.15, 0.2) is 85.5 Å². The van der Waals surface area contributed by atoms with E-state index in [1.54, 1.807) is 40.7 Å². The average molecular weight is 1240 g/mol. The van der Waals surface area contributed by atoms with Crippen molar-refractivity contribution in [2.24, 2.45) is 0 Å². The van der Waals surface area contributed by atoms with E-state index in [9.17, 15) is 19.2 Å². The number of benzene rings is 2. The largest absolute Gasteiger partial charge is 0.444 e. The third-order valence-corrected chi connectivity index (χ3v) is 16.4.